The standard InChI is InChI=1S/C25H22F2N4O/c26-19-6-7-22-21(12-19)18(13-29-22)9-11-31(15-16-3-4-16)25(32)24-20(2-1-10-28-24)17-5-8-23(27)30-14-17/h1-2,5-8,10,12-14,16,29H,3-4,9,11,15H2. The second-order valence-corrected chi connectivity index (χ2v) is 8.22. The Morgan fingerprint density at radius 1 is 1.12 bits per heavy atom. The number of fused-ring (bicyclic) bond motifs is 1. The molecule has 1 aliphatic carbocycles. The van der Waals surface area contributed by atoms with E-state index in [4.69, 9.17) is 0 Å². The quantitative estimate of drug-likeness (QED) is 0.418. The Labute approximate surface area is 184 Å². The first-order chi connectivity index (χ1) is 15.6. The summed E-state index contributed by atoms with van der Waals surface area (Å²) < 4.78 is 27.0. The van der Waals surface area contributed by atoms with Gasteiger partial charge >= 0.3 is 0 Å². The highest BCUT2D eigenvalue weighted by Gasteiger charge is 2.29. The molecule has 162 valence electrons. The smallest absolute Gasteiger partial charge is 0.273 e. The van der Waals surface area contributed by atoms with Crippen LogP contribution in [0, 0.1) is 17.7 Å². The lowest BCUT2D eigenvalue weighted by atomic mass is 10.0. The largest absolute Gasteiger partial charge is 0.361 e. The van der Waals surface area contributed by atoms with Gasteiger partial charge in [-0.1, -0.05) is 6.07 Å². The first-order valence-electron chi connectivity index (χ1n) is 10.7. The third-order valence-electron chi connectivity index (χ3n) is 5.89. The van der Waals surface area contributed by atoms with Crippen LogP contribution in [0.1, 0.15) is 28.9 Å². The number of aromatic amines is 1. The summed E-state index contributed by atoms with van der Waals surface area (Å²) in [6, 6.07) is 11.1. The molecule has 4 aromatic rings. The molecule has 3 heterocycles. The maximum absolute atomic E-state index is 13.7. The number of pyridine rings is 2. The molecule has 0 spiro atoms. The number of halogens is 2. The third-order valence-corrected chi connectivity index (χ3v) is 5.89. The van der Waals surface area contributed by atoms with Crippen molar-refractivity contribution in [2.75, 3.05) is 13.1 Å². The van der Waals surface area contributed by atoms with Crippen LogP contribution in [0.2, 0.25) is 0 Å². The molecule has 0 saturated heterocycles. The van der Waals surface area contributed by atoms with E-state index < -0.39 is 5.95 Å². The Kier molecular flexibility index (Phi) is 5.39. The second kappa shape index (κ2) is 8.49. The lowest BCUT2D eigenvalue weighted by Crippen LogP contribution is -2.35. The van der Waals surface area contributed by atoms with Gasteiger partial charge in [0.25, 0.3) is 5.91 Å². The van der Waals surface area contributed by atoms with Crippen molar-refractivity contribution in [2.45, 2.75) is 19.3 Å². The van der Waals surface area contributed by atoms with Gasteiger partial charge < -0.3 is 9.88 Å². The molecule has 0 atom stereocenters. The Balaban J connectivity index is 1.41. The number of benzene rings is 1. The van der Waals surface area contributed by atoms with Crippen molar-refractivity contribution in [2.24, 2.45) is 5.92 Å². The lowest BCUT2D eigenvalue weighted by molar-refractivity contribution is 0.0744. The fourth-order valence-electron chi connectivity index (χ4n) is 3.99. The van der Waals surface area contributed by atoms with Gasteiger partial charge in [-0.3, -0.25) is 9.78 Å². The van der Waals surface area contributed by atoms with Crippen molar-refractivity contribution in [1.82, 2.24) is 19.9 Å². The average molecular weight is 432 g/mol. The minimum Gasteiger partial charge on any atom is -0.361 e. The maximum Gasteiger partial charge on any atom is 0.273 e. The summed E-state index contributed by atoms with van der Waals surface area (Å²) in [4.78, 5) is 26.6. The highest BCUT2D eigenvalue weighted by molar-refractivity contribution is 5.99. The highest BCUT2D eigenvalue weighted by Crippen LogP contribution is 2.31. The number of nitrogens with zero attached hydrogens (tertiary/aromatic N) is 3. The Bertz CT molecular complexity index is 1260. The lowest BCUT2D eigenvalue weighted by Gasteiger charge is -2.23. The van der Waals surface area contributed by atoms with Crippen LogP contribution in [0.25, 0.3) is 22.0 Å². The van der Waals surface area contributed by atoms with Crippen LogP contribution in [-0.2, 0) is 6.42 Å². The van der Waals surface area contributed by atoms with E-state index in [1.165, 1.54) is 24.4 Å². The van der Waals surface area contributed by atoms with E-state index >= 15 is 0 Å². The average Bonchev–Trinajstić information content (AvgIpc) is 3.55. The molecule has 3 aromatic heterocycles. The zero-order chi connectivity index (χ0) is 22.1. The summed E-state index contributed by atoms with van der Waals surface area (Å²) in [5.41, 5.74) is 3.43. The van der Waals surface area contributed by atoms with Crippen LogP contribution in [0.15, 0.2) is 61.1 Å². The molecule has 1 saturated carbocycles. The number of hydrogen-bond acceptors (Lipinski definition) is 3. The van der Waals surface area contributed by atoms with Gasteiger partial charge in [-0.25, -0.2) is 9.37 Å². The van der Waals surface area contributed by atoms with Gasteiger partial charge in [-0.15, -0.1) is 0 Å². The van der Waals surface area contributed by atoms with Crippen molar-refractivity contribution in [3.05, 3.63) is 84.1 Å². The molecule has 0 bridgehead atoms. The van der Waals surface area contributed by atoms with Gasteiger partial charge in [0.15, 0.2) is 0 Å². The van der Waals surface area contributed by atoms with Gasteiger partial charge in [0.1, 0.15) is 11.5 Å². The minimum atomic E-state index is -0.573. The van der Waals surface area contributed by atoms with E-state index in [0.717, 1.165) is 29.3 Å². The fraction of sp³-hybridized carbons (Fsp3) is 0.240. The number of aromatic nitrogens is 3. The normalized spacial score (nSPS) is 13.4. The Morgan fingerprint density at radius 3 is 2.78 bits per heavy atom. The molecular formula is C25H22F2N4O. The molecule has 0 aliphatic heterocycles. The summed E-state index contributed by atoms with van der Waals surface area (Å²) in [6.07, 6.45) is 7.70. The summed E-state index contributed by atoms with van der Waals surface area (Å²) in [7, 11) is 0. The third kappa shape index (κ3) is 4.23. The van der Waals surface area contributed by atoms with Gasteiger partial charge in [0.05, 0.1) is 0 Å². The monoisotopic (exact) mass is 432 g/mol. The molecule has 1 aliphatic rings. The molecular weight excluding hydrogens is 410 g/mol. The number of H-pyrrole nitrogens is 1. The van der Waals surface area contributed by atoms with Crippen molar-refractivity contribution in [3.63, 3.8) is 0 Å². The summed E-state index contributed by atoms with van der Waals surface area (Å²) >= 11 is 0. The molecule has 5 rings (SSSR count). The zero-order valence-corrected chi connectivity index (χ0v) is 17.4. The van der Waals surface area contributed by atoms with Crippen LogP contribution >= 0.6 is 0 Å². The van der Waals surface area contributed by atoms with Crippen molar-refractivity contribution in [3.8, 4) is 11.1 Å². The van der Waals surface area contributed by atoms with Crippen LogP contribution in [0.4, 0.5) is 8.78 Å². The maximum atomic E-state index is 13.7. The van der Waals surface area contributed by atoms with Crippen molar-refractivity contribution in [1.29, 1.82) is 0 Å². The Hall–Kier alpha value is -3.61. The first kappa shape index (κ1) is 20.3. The van der Waals surface area contributed by atoms with E-state index in [0.29, 0.717) is 42.2 Å². The number of nitrogens with one attached hydrogen (secondary N) is 1. The molecule has 0 unspecified atom stereocenters. The number of amides is 1. The van der Waals surface area contributed by atoms with E-state index in [9.17, 15) is 13.6 Å². The summed E-state index contributed by atoms with van der Waals surface area (Å²) in [5.74, 6) is -0.520. The number of rotatable bonds is 7. The van der Waals surface area contributed by atoms with Crippen molar-refractivity contribution < 1.29 is 13.6 Å². The van der Waals surface area contributed by atoms with Crippen LogP contribution < -0.4 is 0 Å². The van der Waals surface area contributed by atoms with Crippen LogP contribution in [-0.4, -0.2) is 38.8 Å². The van der Waals surface area contributed by atoms with Gasteiger partial charge in [-0.05, 0) is 67.1 Å². The SMILES string of the molecule is O=C(c1ncccc1-c1ccc(F)nc1)N(CCc1c[nH]c2ccc(F)cc12)CC1CC1. The topological polar surface area (TPSA) is 61.9 Å². The number of hydrogen-bond donors (Lipinski definition) is 1. The van der Waals surface area contributed by atoms with Gasteiger partial charge in [-0.2, -0.15) is 4.39 Å². The molecule has 1 amide bonds. The molecule has 1 fully saturated rings. The molecule has 0 radical (unpaired) electrons. The van der Waals surface area contributed by atoms with Crippen LogP contribution in [0.5, 0.6) is 0 Å². The predicted octanol–water partition coefficient (Wildman–Crippen LogP) is 5.00. The number of carbonyl (C=O) groups is 1. The zero-order valence-electron chi connectivity index (χ0n) is 17.4. The highest BCUT2D eigenvalue weighted by atomic mass is 19.1. The molecule has 7 heteroatoms. The van der Waals surface area contributed by atoms with Crippen LogP contribution in [0.3, 0.4) is 0 Å². The molecule has 1 N–H and O–H groups in total. The van der Waals surface area contributed by atoms with E-state index in [1.807, 2.05) is 11.1 Å². The Morgan fingerprint density at radius 2 is 2.00 bits per heavy atom. The molecule has 5 nitrogen and oxygen atoms in total. The predicted molar refractivity (Wildman–Crippen MR) is 118 cm³/mol. The second-order valence-electron chi connectivity index (χ2n) is 8.22. The summed E-state index contributed by atoms with van der Waals surface area (Å²) in [6.45, 7) is 1.16. The minimum absolute atomic E-state index is 0.164. The molecule has 1 aromatic carbocycles. The first-order valence-corrected chi connectivity index (χ1v) is 10.7. The molecule has 32 heavy (non-hydrogen) atoms. The number of carbonyl (C=O) groups excluding carboxylic acids is 1. The van der Waals surface area contributed by atoms with E-state index in [2.05, 4.69) is 15.0 Å². The fourth-order valence-corrected chi connectivity index (χ4v) is 3.99. The van der Waals surface area contributed by atoms with Crippen molar-refractivity contribution >= 4 is 16.8 Å². The van der Waals surface area contributed by atoms with E-state index in [-0.39, 0.29) is 11.7 Å². The van der Waals surface area contributed by atoms with Gasteiger partial charge in [0.2, 0.25) is 5.95 Å². The summed E-state index contributed by atoms with van der Waals surface area (Å²) in [5, 5.41) is 0.833. The van der Waals surface area contributed by atoms with E-state index in [1.54, 1.807) is 30.5 Å². The van der Waals surface area contributed by atoms with Gasteiger partial charge in [0, 0.05) is 53.7 Å².